The molecule has 0 spiro atoms. The van der Waals surface area contributed by atoms with Crippen molar-refractivity contribution in [3.8, 4) is 5.75 Å². The topological polar surface area (TPSA) is 52.0 Å². The number of carbonyl (C=O) groups is 1. The van der Waals surface area contributed by atoms with Crippen molar-refractivity contribution < 1.29 is 19.2 Å². The van der Waals surface area contributed by atoms with Gasteiger partial charge >= 0.3 is 0 Å². The number of para-hydroxylation sites is 1. The van der Waals surface area contributed by atoms with E-state index in [0.717, 1.165) is 44.1 Å². The first kappa shape index (κ1) is 17.5. The number of ether oxygens (including phenoxy) is 2. The maximum Gasteiger partial charge on any atom is 0.259 e. The Kier molecular flexibility index (Phi) is 5.68. The summed E-state index contributed by atoms with van der Waals surface area (Å²) < 4.78 is 10.8. The van der Waals surface area contributed by atoms with Crippen LogP contribution in [0.25, 0.3) is 0 Å². The lowest BCUT2D eigenvalue weighted by molar-refractivity contribution is -0.921. The fourth-order valence-electron chi connectivity index (χ4n) is 3.13. The Morgan fingerprint density at radius 1 is 1.16 bits per heavy atom. The summed E-state index contributed by atoms with van der Waals surface area (Å²) >= 11 is 0. The van der Waals surface area contributed by atoms with Crippen molar-refractivity contribution in [2.75, 3.05) is 38.7 Å². The highest BCUT2D eigenvalue weighted by Gasteiger charge is 2.15. The van der Waals surface area contributed by atoms with E-state index in [1.165, 1.54) is 10.5 Å². The van der Waals surface area contributed by atoms with E-state index in [1.54, 1.807) is 13.2 Å². The Balaban J connectivity index is 1.65. The van der Waals surface area contributed by atoms with Crippen molar-refractivity contribution in [1.29, 1.82) is 0 Å². The summed E-state index contributed by atoms with van der Waals surface area (Å²) in [6.45, 7) is 6.68. The predicted octanol–water partition coefficient (Wildman–Crippen LogP) is 1.67. The summed E-state index contributed by atoms with van der Waals surface area (Å²) in [5.41, 5.74) is 3.54. The Morgan fingerprint density at radius 2 is 1.88 bits per heavy atom. The van der Waals surface area contributed by atoms with Crippen LogP contribution in [-0.2, 0) is 11.3 Å². The normalized spacial score (nSPS) is 15.0. The molecule has 0 unspecified atom stereocenters. The van der Waals surface area contributed by atoms with E-state index >= 15 is 0 Å². The molecule has 1 saturated heterocycles. The molecular weight excluding hydrogens is 316 g/mol. The molecule has 0 aromatic heterocycles. The van der Waals surface area contributed by atoms with Gasteiger partial charge in [0.25, 0.3) is 5.91 Å². The standard InChI is InChI=1S/C20H24N2O3/c1-15-4-3-5-18(19(15)24-2)20(23)21-17-8-6-16(7-9-17)14-22-10-12-25-13-11-22/h3-9H,10-14H2,1-2H3,(H,21,23)/p+1. The van der Waals surface area contributed by atoms with Crippen LogP contribution in [0.3, 0.4) is 0 Å². The summed E-state index contributed by atoms with van der Waals surface area (Å²) in [4.78, 5) is 14.1. The molecule has 25 heavy (non-hydrogen) atoms. The third-order valence-electron chi connectivity index (χ3n) is 4.53. The molecule has 1 amide bonds. The second-order valence-corrected chi connectivity index (χ2v) is 6.35. The number of amides is 1. The molecule has 5 heteroatoms. The van der Waals surface area contributed by atoms with Crippen molar-refractivity contribution in [3.63, 3.8) is 0 Å². The van der Waals surface area contributed by atoms with Crippen LogP contribution in [-0.4, -0.2) is 39.3 Å². The molecule has 0 bridgehead atoms. The van der Waals surface area contributed by atoms with Crippen LogP contribution < -0.4 is 15.0 Å². The average Bonchev–Trinajstić information content (AvgIpc) is 2.64. The lowest BCUT2D eigenvalue weighted by Crippen LogP contribution is -3.12. The van der Waals surface area contributed by atoms with Crippen LogP contribution in [0.4, 0.5) is 5.69 Å². The van der Waals surface area contributed by atoms with Crippen molar-refractivity contribution in [2.45, 2.75) is 13.5 Å². The van der Waals surface area contributed by atoms with E-state index in [-0.39, 0.29) is 5.91 Å². The number of hydrogen-bond acceptors (Lipinski definition) is 3. The van der Waals surface area contributed by atoms with Gasteiger partial charge in [-0.25, -0.2) is 0 Å². The van der Waals surface area contributed by atoms with Crippen molar-refractivity contribution >= 4 is 11.6 Å². The number of methoxy groups -OCH3 is 1. The number of benzene rings is 2. The minimum atomic E-state index is -0.160. The molecule has 1 heterocycles. The van der Waals surface area contributed by atoms with Gasteiger partial charge in [-0.05, 0) is 30.7 Å². The molecule has 2 aromatic rings. The summed E-state index contributed by atoms with van der Waals surface area (Å²) in [6, 6.07) is 13.6. The molecule has 2 aromatic carbocycles. The number of aryl methyl sites for hydroxylation is 1. The van der Waals surface area contributed by atoms with Crippen molar-refractivity contribution in [2.24, 2.45) is 0 Å². The Labute approximate surface area is 148 Å². The highest BCUT2D eigenvalue weighted by molar-refractivity contribution is 6.06. The Hall–Kier alpha value is -2.37. The van der Waals surface area contributed by atoms with Gasteiger partial charge in [-0.2, -0.15) is 0 Å². The van der Waals surface area contributed by atoms with Crippen LogP contribution in [0.1, 0.15) is 21.5 Å². The Bertz CT molecular complexity index is 722. The second kappa shape index (κ2) is 8.14. The van der Waals surface area contributed by atoms with Crippen molar-refractivity contribution in [3.05, 3.63) is 59.2 Å². The lowest BCUT2D eigenvalue weighted by atomic mass is 10.1. The zero-order chi connectivity index (χ0) is 17.6. The van der Waals surface area contributed by atoms with Gasteiger partial charge in [0.05, 0.1) is 25.9 Å². The van der Waals surface area contributed by atoms with Gasteiger partial charge in [0.15, 0.2) is 0 Å². The van der Waals surface area contributed by atoms with Crippen LogP contribution in [0.5, 0.6) is 5.75 Å². The Morgan fingerprint density at radius 3 is 2.56 bits per heavy atom. The highest BCUT2D eigenvalue weighted by Crippen LogP contribution is 2.24. The number of morpholine rings is 1. The quantitative estimate of drug-likeness (QED) is 0.870. The summed E-state index contributed by atoms with van der Waals surface area (Å²) in [7, 11) is 1.59. The molecule has 1 aliphatic rings. The lowest BCUT2D eigenvalue weighted by Gasteiger charge is -2.23. The summed E-state index contributed by atoms with van der Waals surface area (Å²) in [6.07, 6.45) is 0. The number of nitrogens with one attached hydrogen (secondary N) is 2. The third-order valence-corrected chi connectivity index (χ3v) is 4.53. The predicted molar refractivity (Wildman–Crippen MR) is 97.3 cm³/mol. The average molecular weight is 341 g/mol. The van der Waals surface area contributed by atoms with Crippen LogP contribution >= 0.6 is 0 Å². The van der Waals surface area contributed by atoms with E-state index in [1.807, 2.05) is 31.2 Å². The van der Waals surface area contributed by atoms with E-state index in [2.05, 4.69) is 17.4 Å². The minimum absolute atomic E-state index is 0.160. The largest absolute Gasteiger partial charge is 0.496 e. The molecular formula is C20H25N2O3+. The number of carbonyl (C=O) groups excluding carboxylic acids is 1. The fraction of sp³-hybridized carbons (Fsp3) is 0.350. The summed E-state index contributed by atoms with van der Waals surface area (Å²) in [5, 5.41) is 2.95. The first-order chi connectivity index (χ1) is 12.2. The van der Waals surface area contributed by atoms with E-state index in [4.69, 9.17) is 9.47 Å². The van der Waals surface area contributed by atoms with Gasteiger partial charge < -0.3 is 19.7 Å². The van der Waals surface area contributed by atoms with Gasteiger partial charge in [-0.3, -0.25) is 4.79 Å². The molecule has 132 valence electrons. The molecule has 0 aliphatic carbocycles. The van der Waals surface area contributed by atoms with Gasteiger partial charge in [-0.1, -0.05) is 24.3 Å². The summed E-state index contributed by atoms with van der Waals surface area (Å²) in [5.74, 6) is 0.458. The number of quaternary nitrogens is 1. The SMILES string of the molecule is COc1c(C)cccc1C(=O)Nc1ccc(C[NH+]2CCOCC2)cc1. The molecule has 5 nitrogen and oxygen atoms in total. The molecule has 1 aliphatic heterocycles. The zero-order valence-electron chi connectivity index (χ0n) is 14.8. The molecule has 0 saturated carbocycles. The first-order valence-electron chi connectivity index (χ1n) is 8.62. The highest BCUT2D eigenvalue weighted by atomic mass is 16.5. The van der Waals surface area contributed by atoms with Crippen LogP contribution in [0, 0.1) is 6.92 Å². The van der Waals surface area contributed by atoms with Crippen LogP contribution in [0.15, 0.2) is 42.5 Å². The zero-order valence-corrected chi connectivity index (χ0v) is 14.8. The number of anilines is 1. The van der Waals surface area contributed by atoms with E-state index < -0.39 is 0 Å². The molecule has 3 rings (SSSR count). The second-order valence-electron chi connectivity index (χ2n) is 6.35. The molecule has 0 radical (unpaired) electrons. The number of rotatable bonds is 5. The van der Waals surface area contributed by atoms with Gasteiger partial charge in [0.1, 0.15) is 25.4 Å². The molecule has 0 atom stereocenters. The number of hydrogen-bond donors (Lipinski definition) is 2. The van der Waals surface area contributed by atoms with Gasteiger partial charge in [-0.15, -0.1) is 0 Å². The first-order valence-corrected chi connectivity index (χ1v) is 8.62. The van der Waals surface area contributed by atoms with E-state index in [0.29, 0.717) is 11.3 Å². The fourth-order valence-corrected chi connectivity index (χ4v) is 3.13. The van der Waals surface area contributed by atoms with Crippen LogP contribution in [0.2, 0.25) is 0 Å². The maximum absolute atomic E-state index is 12.5. The smallest absolute Gasteiger partial charge is 0.259 e. The molecule has 2 N–H and O–H groups in total. The molecule has 1 fully saturated rings. The third kappa shape index (κ3) is 4.38. The van der Waals surface area contributed by atoms with Gasteiger partial charge in [0, 0.05) is 11.3 Å². The van der Waals surface area contributed by atoms with Gasteiger partial charge in [0.2, 0.25) is 0 Å². The maximum atomic E-state index is 12.5. The van der Waals surface area contributed by atoms with E-state index in [9.17, 15) is 4.79 Å². The van der Waals surface area contributed by atoms with Crippen molar-refractivity contribution in [1.82, 2.24) is 0 Å². The minimum Gasteiger partial charge on any atom is -0.496 e. The monoisotopic (exact) mass is 341 g/mol.